The van der Waals surface area contributed by atoms with Gasteiger partial charge in [-0.3, -0.25) is 4.79 Å². The van der Waals surface area contributed by atoms with Crippen LogP contribution in [0.15, 0.2) is 53.7 Å². The van der Waals surface area contributed by atoms with Crippen molar-refractivity contribution in [2.75, 3.05) is 14.2 Å². The highest BCUT2D eigenvalue weighted by Gasteiger charge is 2.19. The van der Waals surface area contributed by atoms with Crippen LogP contribution < -0.4 is 4.74 Å². The summed E-state index contributed by atoms with van der Waals surface area (Å²) in [5.74, 6) is -0.597. The zero-order chi connectivity index (χ0) is 21.8. The van der Waals surface area contributed by atoms with E-state index >= 15 is 0 Å². The topological polar surface area (TPSA) is 94.4 Å². The summed E-state index contributed by atoms with van der Waals surface area (Å²) in [7, 11) is 2.66. The fraction of sp³-hybridized carbons (Fsp3) is 0.348. The molecule has 0 aliphatic rings. The largest absolute Gasteiger partial charge is 0.489 e. The van der Waals surface area contributed by atoms with Crippen LogP contribution in [0.25, 0.3) is 0 Å². The second kappa shape index (κ2) is 12.3. The molecular formula is C23H27NO6. The van der Waals surface area contributed by atoms with Crippen molar-refractivity contribution in [1.29, 1.82) is 0 Å². The summed E-state index contributed by atoms with van der Waals surface area (Å²) in [4.78, 5) is 27.5. The van der Waals surface area contributed by atoms with Gasteiger partial charge in [-0.05, 0) is 36.5 Å². The van der Waals surface area contributed by atoms with Crippen LogP contribution in [0.4, 0.5) is 0 Å². The lowest BCUT2D eigenvalue weighted by molar-refractivity contribution is -0.137. The molecule has 30 heavy (non-hydrogen) atoms. The SMILES string of the molecule is CO/N=C(/C(=O)OC)c1ccccc1COc1ccccc1CCCCCC(=O)O. The number of methoxy groups -OCH3 is 1. The maximum atomic E-state index is 12.1. The molecule has 2 rings (SSSR count). The van der Waals surface area contributed by atoms with E-state index < -0.39 is 11.9 Å². The van der Waals surface area contributed by atoms with E-state index in [9.17, 15) is 9.59 Å². The molecule has 7 nitrogen and oxygen atoms in total. The molecule has 0 aliphatic heterocycles. The molecule has 0 aromatic heterocycles. The number of carboxylic acid groups (broad SMARTS) is 1. The first-order chi connectivity index (χ1) is 14.6. The van der Waals surface area contributed by atoms with E-state index in [0.29, 0.717) is 12.0 Å². The molecule has 0 fully saturated rings. The number of carbonyl (C=O) groups is 2. The van der Waals surface area contributed by atoms with Crippen molar-refractivity contribution < 1.29 is 29.0 Å². The molecule has 7 heteroatoms. The van der Waals surface area contributed by atoms with E-state index in [4.69, 9.17) is 19.4 Å². The summed E-state index contributed by atoms with van der Waals surface area (Å²) >= 11 is 0. The lowest BCUT2D eigenvalue weighted by atomic mass is 10.0. The first kappa shape index (κ1) is 22.9. The summed E-state index contributed by atoms with van der Waals surface area (Å²) in [6.07, 6.45) is 3.40. The maximum Gasteiger partial charge on any atom is 0.360 e. The fourth-order valence-corrected chi connectivity index (χ4v) is 3.04. The third-order valence-electron chi connectivity index (χ3n) is 4.53. The van der Waals surface area contributed by atoms with Crippen LogP contribution in [-0.2, 0) is 32.2 Å². The van der Waals surface area contributed by atoms with Crippen LogP contribution in [0.1, 0.15) is 42.4 Å². The Hall–Kier alpha value is -3.35. The van der Waals surface area contributed by atoms with Gasteiger partial charge < -0.3 is 19.4 Å². The lowest BCUT2D eigenvalue weighted by Crippen LogP contribution is -2.19. The van der Waals surface area contributed by atoms with E-state index in [1.54, 1.807) is 12.1 Å². The van der Waals surface area contributed by atoms with Crippen molar-refractivity contribution in [3.05, 3.63) is 65.2 Å². The molecule has 160 valence electrons. The Labute approximate surface area is 176 Å². The van der Waals surface area contributed by atoms with Gasteiger partial charge in [0.25, 0.3) is 0 Å². The van der Waals surface area contributed by atoms with E-state index in [1.165, 1.54) is 14.2 Å². The number of hydrogen-bond donors (Lipinski definition) is 1. The average molecular weight is 413 g/mol. The molecule has 0 heterocycles. The molecule has 0 saturated carbocycles. The highest BCUT2D eigenvalue weighted by Crippen LogP contribution is 2.23. The smallest absolute Gasteiger partial charge is 0.360 e. The highest BCUT2D eigenvalue weighted by molar-refractivity contribution is 6.43. The number of hydrogen-bond acceptors (Lipinski definition) is 6. The van der Waals surface area contributed by atoms with Crippen molar-refractivity contribution in [3.8, 4) is 5.75 Å². The van der Waals surface area contributed by atoms with Gasteiger partial charge in [0, 0.05) is 12.0 Å². The number of carboxylic acids is 1. The Morgan fingerprint density at radius 3 is 2.33 bits per heavy atom. The molecule has 0 spiro atoms. The van der Waals surface area contributed by atoms with E-state index in [-0.39, 0.29) is 18.7 Å². The van der Waals surface area contributed by atoms with Crippen molar-refractivity contribution >= 4 is 17.7 Å². The molecule has 0 atom stereocenters. The third kappa shape index (κ3) is 6.92. The molecule has 1 N–H and O–H groups in total. The summed E-state index contributed by atoms with van der Waals surface area (Å²) in [5.41, 5.74) is 2.49. The van der Waals surface area contributed by atoms with Gasteiger partial charge in [0.05, 0.1) is 7.11 Å². The number of carbonyl (C=O) groups excluding carboxylic acids is 1. The summed E-state index contributed by atoms with van der Waals surface area (Å²) in [6, 6.07) is 15.1. The number of unbranched alkanes of at least 4 members (excludes halogenated alkanes) is 2. The van der Waals surface area contributed by atoms with Crippen molar-refractivity contribution in [3.63, 3.8) is 0 Å². The Morgan fingerprint density at radius 2 is 1.63 bits per heavy atom. The van der Waals surface area contributed by atoms with E-state index in [0.717, 1.165) is 36.1 Å². The summed E-state index contributed by atoms with van der Waals surface area (Å²) < 4.78 is 10.9. The first-order valence-corrected chi connectivity index (χ1v) is 9.77. The van der Waals surface area contributed by atoms with Crippen LogP contribution in [0.5, 0.6) is 5.75 Å². The molecule has 2 aromatic rings. The first-order valence-electron chi connectivity index (χ1n) is 9.77. The molecule has 0 radical (unpaired) electrons. The fourth-order valence-electron chi connectivity index (χ4n) is 3.04. The highest BCUT2D eigenvalue weighted by atomic mass is 16.6. The van der Waals surface area contributed by atoms with Gasteiger partial charge in [-0.15, -0.1) is 0 Å². The number of para-hydroxylation sites is 1. The minimum absolute atomic E-state index is 0.0749. The van der Waals surface area contributed by atoms with Crippen LogP contribution in [0, 0.1) is 0 Å². The average Bonchev–Trinajstić information content (AvgIpc) is 2.76. The summed E-state index contributed by atoms with van der Waals surface area (Å²) in [5, 5.41) is 12.5. The number of benzene rings is 2. The predicted molar refractivity (Wildman–Crippen MR) is 113 cm³/mol. The Balaban J connectivity index is 2.09. The molecular weight excluding hydrogens is 386 g/mol. The second-order valence-corrected chi connectivity index (χ2v) is 6.62. The summed E-state index contributed by atoms with van der Waals surface area (Å²) in [6.45, 7) is 0.242. The molecule has 0 bridgehead atoms. The van der Waals surface area contributed by atoms with Crippen LogP contribution in [0.2, 0.25) is 0 Å². The number of esters is 1. The van der Waals surface area contributed by atoms with Gasteiger partial charge in [0.15, 0.2) is 5.71 Å². The Kier molecular flexibility index (Phi) is 9.37. The van der Waals surface area contributed by atoms with Gasteiger partial charge >= 0.3 is 11.9 Å². The lowest BCUT2D eigenvalue weighted by Gasteiger charge is -2.14. The second-order valence-electron chi connectivity index (χ2n) is 6.62. The zero-order valence-corrected chi connectivity index (χ0v) is 17.3. The monoisotopic (exact) mass is 413 g/mol. The van der Waals surface area contributed by atoms with E-state index in [2.05, 4.69) is 5.16 Å². The van der Waals surface area contributed by atoms with Crippen LogP contribution in [0.3, 0.4) is 0 Å². The van der Waals surface area contributed by atoms with E-state index in [1.807, 2.05) is 36.4 Å². The zero-order valence-electron chi connectivity index (χ0n) is 17.3. The number of aryl methyl sites for hydroxylation is 1. The Morgan fingerprint density at radius 1 is 0.933 bits per heavy atom. The van der Waals surface area contributed by atoms with Crippen LogP contribution >= 0.6 is 0 Å². The molecule has 0 aliphatic carbocycles. The van der Waals surface area contributed by atoms with Gasteiger partial charge in [0.1, 0.15) is 19.5 Å². The molecule has 2 aromatic carbocycles. The molecule has 0 unspecified atom stereocenters. The number of aliphatic carboxylic acids is 1. The minimum Gasteiger partial charge on any atom is -0.489 e. The van der Waals surface area contributed by atoms with Crippen molar-refractivity contribution in [2.24, 2.45) is 5.16 Å². The Bertz CT molecular complexity index is 878. The predicted octanol–water partition coefficient (Wildman–Crippen LogP) is 3.98. The van der Waals surface area contributed by atoms with Crippen molar-refractivity contribution in [2.45, 2.75) is 38.7 Å². The minimum atomic E-state index is -0.763. The maximum absolute atomic E-state index is 12.1. The number of ether oxygens (including phenoxy) is 2. The molecule has 0 amide bonds. The van der Waals surface area contributed by atoms with Crippen LogP contribution in [-0.4, -0.2) is 37.0 Å². The standard InChI is InChI=1S/C23H27NO6/c1-28-23(27)22(24-29-2)19-13-8-6-12-18(19)16-30-20-14-9-7-11-17(20)10-4-3-5-15-21(25)26/h6-9,11-14H,3-5,10,15-16H2,1-2H3,(H,25,26)/b24-22+. The van der Waals surface area contributed by atoms with Gasteiger partial charge in [-0.25, -0.2) is 4.79 Å². The quantitative estimate of drug-likeness (QED) is 0.245. The molecule has 0 saturated heterocycles. The number of rotatable bonds is 12. The third-order valence-corrected chi connectivity index (χ3v) is 4.53. The number of oxime groups is 1. The number of nitrogens with zero attached hydrogens (tertiary/aromatic N) is 1. The normalized spacial score (nSPS) is 11.1. The van der Waals surface area contributed by atoms with Crippen molar-refractivity contribution in [1.82, 2.24) is 0 Å². The van der Waals surface area contributed by atoms with Gasteiger partial charge in [0.2, 0.25) is 0 Å². The van der Waals surface area contributed by atoms with Gasteiger partial charge in [-0.2, -0.15) is 0 Å². The van der Waals surface area contributed by atoms with Gasteiger partial charge in [-0.1, -0.05) is 54.0 Å².